The van der Waals surface area contributed by atoms with Crippen molar-refractivity contribution in [1.29, 1.82) is 0 Å². The number of nitrogens with zero attached hydrogens (tertiary/aromatic N) is 3. The largest absolute Gasteiger partial charge is 0.489 e. The van der Waals surface area contributed by atoms with Crippen molar-refractivity contribution in [1.82, 2.24) is 20.0 Å². The van der Waals surface area contributed by atoms with Crippen molar-refractivity contribution < 1.29 is 29.0 Å². The van der Waals surface area contributed by atoms with Gasteiger partial charge in [-0.25, -0.2) is 4.79 Å². The fraction of sp³-hybridized carbons (Fsp3) is 0.565. The summed E-state index contributed by atoms with van der Waals surface area (Å²) < 4.78 is 14.1. The number of carboxylic acid groups (broad SMARTS) is 1. The molecule has 3 aliphatic rings. The van der Waals surface area contributed by atoms with Gasteiger partial charge in [0.05, 0.1) is 28.8 Å². The lowest BCUT2D eigenvalue weighted by Gasteiger charge is -2.39. The molecular weight excluding hydrogens is 428 g/mol. The zero-order valence-corrected chi connectivity index (χ0v) is 18.5. The normalized spacial score (nSPS) is 26.2. The number of imide groups is 1. The van der Waals surface area contributed by atoms with Crippen LogP contribution in [0.5, 0.6) is 5.75 Å². The van der Waals surface area contributed by atoms with E-state index in [1.165, 1.54) is 4.90 Å². The first-order valence-corrected chi connectivity index (χ1v) is 11.5. The van der Waals surface area contributed by atoms with Gasteiger partial charge in [0, 0.05) is 32.4 Å². The lowest BCUT2D eigenvalue weighted by atomic mass is 9.91. The van der Waals surface area contributed by atoms with Gasteiger partial charge in [0.2, 0.25) is 5.91 Å². The second kappa shape index (κ2) is 8.66. The van der Waals surface area contributed by atoms with Crippen LogP contribution in [0.1, 0.15) is 50.3 Å². The molecule has 33 heavy (non-hydrogen) atoms. The molecule has 1 saturated carbocycles. The minimum absolute atomic E-state index is 0.0399. The van der Waals surface area contributed by atoms with Gasteiger partial charge in [0.25, 0.3) is 5.91 Å². The Morgan fingerprint density at radius 1 is 1.12 bits per heavy atom. The lowest BCUT2D eigenvalue weighted by Crippen LogP contribution is -2.45. The molecule has 2 aliphatic heterocycles. The van der Waals surface area contributed by atoms with E-state index in [9.17, 15) is 14.4 Å². The molecule has 176 valence electrons. The van der Waals surface area contributed by atoms with E-state index in [1.54, 1.807) is 4.68 Å². The molecule has 0 spiro atoms. The van der Waals surface area contributed by atoms with Crippen molar-refractivity contribution in [2.45, 2.75) is 69.8 Å². The summed E-state index contributed by atoms with van der Waals surface area (Å²) in [5, 5.41) is 16.9. The number of likely N-dealkylation sites (tertiary alicyclic amines) is 1. The van der Waals surface area contributed by atoms with Crippen molar-refractivity contribution in [3.63, 3.8) is 0 Å². The van der Waals surface area contributed by atoms with E-state index < -0.39 is 12.1 Å². The number of rotatable bonds is 5. The molecule has 5 rings (SSSR count). The first-order valence-electron chi connectivity index (χ1n) is 11.5. The van der Waals surface area contributed by atoms with Gasteiger partial charge in [-0.2, -0.15) is 5.10 Å². The summed E-state index contributed by atoms with van der Waals surface area (Å²) in [6.45, 7) is 2.93. The van der Waals surface area contributed by atoms with Gasteiger partial charge in [-0.3, -0.25) is 19.6 Å². The number of amides is 3. The highest BCUT2D eigenvalue weighted by molar-refractivity contribution is 6.00. The second-order valence-electron chi connectivity index (χ2n) is 9.09. The number of benzene rings is 1. The van der Waals surface area contributed by atoms with Crippen molar-refractivity contribution in [3.8, 4) is 5.75 Å². The summed E-state index contributed by atoms with van der Waals surface area (Å²) in [5.74, 6) is 0.166. The van der Waals surface area contributed by atoms with Crippen LogP contribution in [0.3, 0.4) is 0 Å². The summed E-state index contributed by atoms with van der Waals surface area (Å²) in [6, 6.07) is 5.22. The highest BCUT2D eigenvalue weighted by Gasteiger charge is 2.36. The highest BCUT2D eigenvalue weighted by atomic mass is 16.5. The quantitative estimate of drug-likeness (QED) is 0.662. The van der Waals surface area contributed by atoms with Crippen LogP contribution in [0.4, 0.5) is 4.79 Å². The Morgan fingerprint density at radius 2 is 1.88 bits per heavy atom. The molecular formula is C23H28N4O6. The van der Waals surface area contributed by atoms with E-state index in [4.69, 9.17) is 14.6 Å². The summed E-state index contributed by atoms with van der Waals surface area (Å²) in [5.41, 5.74) is 1.60. The minimum Gasteiger partial charge on any atom is -0.489 e. The van der Waals surface area contributed by atoms with Gasteiger partial charge < -0.3 is 19.5 Å². The Kier molecular flexibility index (Phi) is 5.69. The van der Waals surface area contributed by atoms with Crippen LogP contribution >= 0.6 is 0 Å². The van der Waals surface area contributed by atoms with Crippen LogP contribution in [0.25, 0.3) is 10.9 Å². The number of ether oxygens (including phenoxy) is 2. The van der Waals surface area contributed by atoms with Crippen LogP contribution in [-0.4, -0.2) is 69.1 Å². The van der Waals surface area contributed by atoms with Gasteiger partial charge >= 0.3 is 6.09 Å². The fourth-order valence-corrected chi connectivity index (χ4v) is 4.95. The molecule has 3 amide bonds. The van der Waals surface area contributed by atoms with Gasteiger partial charge in [0.15, 0.2) is 0 Å². The third-order valence-electron chi connectivity index (χ3n) is 6.82. The number of hydrogen-bond acceptors (Lipinski definition) is 6. The molecule has 1 unspecified atom stereocenters. The Labute approximate surface area is 190 Å². The number of aromatic nitrogens is 2. The molecule has 3 fully saturated rings. The van der Waals surface area contributed by atoms with E-state index in [0.717, 1.165) is 48.0 Å². The number of hydrogen-bond donors (Lipinski definition) is 2. The molecule has 2 aromatic rings. The van der Waals surface area contributed by atoms with Crippen molar-refractivity contribution >= 4 is 28.8 Å². The molecule has 1 aromatic carbocycles. The Bertz CT molecular complexity index is 1080. The number of piperidine rings is 2. The highest BCUT2D eigenvalue weighted by Crippen LogP contribution is 2.36. The molecule has 1 aromatic heterocycles. The average Bonchev–Trinajstić information content (AvgIpc) is 3.09. The Hall–Kier alpha value is -3.14. The van der Waals surface area contributed by atoms with Crippen molar-refractivity contribution in [3.05, 3.63) is 23.9 Å². The third kappa shape index (κ3) is 4.27. The number of aryl methyl sites for hydroxylation is 1. The molecule has 10 nitrogen and oxygen atoms in total. The molecule has 0 bridgehead atoms. The maximum atomic E-state index is 12.4. The molecule has 2 saturated heterocycles. The SMILES string of the molecule is Cc1nn(C2CCC(=O)NC2=O)c2cccc(OC3CC(OC4CCN(C(=O)O)CC4)C3)c12. The zero-order chi connectivity index (χ0) is 23.1. The standard InChI is InChI=1S/C23H28N4O6/c1-13-21-17(27(25-13)18-5-6-20(28)24-22(18)29)3-2-4-19(21)33-16-11-15(12-16)32-14-7-9-26(10-8-14)23(30)31/h2-4,14-16,18H,5-12H2,1H3,(H,30,31)(H,24,28,29). The van der Waals surface area contributed by atoms with Gasteiger partial charge in [-0.05, 0) is 38.3 Å². The smallest absolute Gasteiger partial charge is 0.407 e. The monoisotopic (exact) mass is 456 g/mol. The second-order valence-corrected chi connectivity index (χ2v) is 9.09. The number of carbonyl (C=O) groups excluding carboxylic acids is 2. The van der Waals surface area contributed by atoms with Crippen LogP contribution in [0.2, 0.25) is 0 Å². The van der Waals surface area contributed by atoms with Crippen LogP contribution in [-0.2, 0) is 14.3 Å². The molecule has 1 atom stereocenters. The van der Waals surface area contributed by atoms with E-state index >= 15 is 0 Å². The van der Waals surface area contributed by atoms with Gasteiger partial charge in [-0.15, -0.1) is 0 Å². The predicted octanol–water partition coefficient (Wildman–Crippen LogP) is 2.39. The summed E-state index contributed by atoms with van der Waals surface area (Å²) in [7, 11) is 0. The van der Waals surface area contributed by atoms with Crippen molar-refractivity contribution in [2.75, 3.05) is 13.1 Å². The van der Waals surface area contributed by atoms with E-state index in [0.29, 0.717) is 25.9 Å². The zero-order valence-electron chi connectivity index (χ0n) is 18.5. The van der Waals surface area contributed by atoms with Crippen LogP contribution in [0.15, 0.2) is 18.2 Å². The number of nitrogens with one attached hydrogen (secondary N) is 1. The molecule has 2 N–H and O–H groups in total. The van der Waals surface area contributed by atoms with Gasteiger partial charge in [-0.1, -0.05) is 6.07 Å². The topological polar surface area (TPSA) is 123 Å². The Morgan fingerprint density at radius 3 is 2.58 bits per heavy atom. The predicted molar refractivity (Wildman–Crippen MR) is 117 cm³/mol. The molecule has 3 heterocycles. The molecule has 10 heteroatoms. The van der Waals surface area contributed by atoms with E-state index in [1.807, 2.05) is 25.1 Å². The van der Waals surface area contributed by atoms with E-state index in [-0.39, 0.29) is 30.1 Å². The maximum Gasteiger partial charge on any atom is 0.407 e. The Balaban J connectivity index is 1.21. The fourth-order valence-electron chi connectivity index (χ4n) is 4.95. The number of carbonyl (C=O) groups is 3. The first-order chi connectivity index (χ1) is 15.9. The summed E-state index contributed by atoms with van der Waals surface area (Å²) in [4.78, 5) is 36.3. The number of fused-ring (bicyclic) bond motifs is 1. The summed E-state index contributed by atoms with van der Waals surface area (Å²) in [6.07, 6.45) is 3.16. The van der Waals surface area contributed by atoms with Gasteiger partial charge in [0.1, 0.15) is 17.9 Å². The molecule has 0 radical (unpaired) electrons. The van der Waals surface area contributed by atoms with Crippen LogP contribution < -0.4 is 10.1 Å². The summed E-state index contributed by atoms with van der Waals surface area (Å²) >= 11 is 0. The van der Waals surface area contributed by atoms with Crippen LogP contribution in [0, 0.1) is 6.92 Å². The van der Waals surface area contributed by atoms with Crippen molar-refractivity contribution in [2.24, 2.45) is 0 Å². The van der Waals surface area contributed by atoms with E-state index in [2.05, 4.69) is 10.4 Å². The first kappa shape index (κ1) is 21.7. The molecule has 1 aliphatic carbocycles. The third-order valence-corrected chi connectivity index (χ3v) is 6.82. The lowest BCUT2D eigenvalue weighted by molar-refractivity contribution is -0.135. The average molecular weight is 456 g/mol. The minimum atomic E-state index is -0.865. The maximum absolute atomic E-state index is 12.4.